The van der Waals surface area contributed by atoms with E-state index in [1.165, 1.54) is 6.92 Å². The van der Waals surface area contributed by atoms with Crippen molar-refractivity contribution in [3.63, 3.8) is 0 Å². The summed E-state index contributed by atoms with van der Waals surface area (Å²) in [6.07, 6.45) is 6.95. The number of hydrogen-bond acceptors (Lipinski definition) is 7. The van der Waals surface area contributed by atoms with Crippen molar-refractivity contribution in [1.82, 2.24) is 0 Å². The molecule has 7 nitrogen and oxygen atoms in total. The van der Waals surface area contributed by atoms with Gasteiger partial charge in [0.2, 0.25) is 5.78 Å². The van der Waals surface area contributed by atoms with Crippen LogP contribution >= 0.6 is 0 Å². The van der Waals surface area contributed by atoms with Gasteiger partial charge in [-0.3, -0.25) is 19.2 Å². The number of allylic oxidation sites excluding steroid dienone is 5. The second-order valence-electron chi connectivity index (χ2n) is 10.1. The molecule has 178 valence electrons. The number of ether oxygens (including phenoxy) is 2. The Kier molecular flexibility index (Phi) is 5.76. The molecule has 0 radical (unpaired) electrons. The third-order valence-corrected chi connectivity index (χ3v) is 8.42. The summed E-state index contributed by atoms with van der Waals surface area (Å²) in [6.45, 7) is 6.39. The molecule has 5 atom stereocenters. The Bertz CT molecular complexity index is 1020. The fourth-order valence-electron chi connectivity index (χ4n) is 6.82. The van der Waals surface area contributed by atoms with Gasteiger partial charge in [-0.05, 0) is 62.7 Å². The van der Waals surface area contributed by atoms with Crippen LogP contribution in [-0.4, -0.2) is 46.9 Å². The van der Waals surface area contributed by atoms with Gasteiger partial charge in [0.1, 0.15) is 0 Å². The molecule has 0 saturated heterocycles. The maximum absolute atomic E-state index is 13.5. The van der Waals surface area contributed by atoms with E-state index in [2.05, 4.69) is 0 Å². The Morgan fingerprint density at radius 1 is 1.21 bits per heavy atom. The summed E-state index contributed by atoms with van der Waals surface area (Å²) in [5.74, 6) is -1.61. The third kappa shape index (κ3) is 3.43. The molecule has 4 aliphatic rings. The highest BCUT2D eigenvalue weighted by molar-refractivity contribution is 6.01. The summed E-state index contributed by atoms with van der Waals surface area (Å²) < 4.78 is 10.9. The molecule has 1 N–H and O–H groups in total. The van der Waals surface area contributed by atoms with Gasteiger partial charge in [0, 0.05) is 24.2 Å². The van der Waals surface area contributed by atoms with Crippen LogP contribution < -0.4 is 0 Å². The van der Waals surface area contributed by atoms with E-state index in [0.29, 0.717) is 25.7 Å². The van der Waals surface area contributed by atoms with Gasteiger partial charge >= 0.3 is 11.9 Å². The maximum atomic E-state index is 13.5. The summed E-state index contributed by atoms with van der Waals surface area (Å²) >= 11 is 0. The molecule has 0 aromatic heterocycles. The van der Waals surface area contributed by atoms with E-state index in [9.17, 15) is 24.3 Å². The number of rotatable bonds is 5. The van der Waals surface area contributed by atoms with Crippen LogP contribution in [0.2, 0.25) is 0 Å². The van der Waals surface area contributed by atoms with E-state index in [0.717, 1.165) is 16.7 Å². The number of hydrogen-bond donors (Lipinski definition) is 1. The molecule has 0 unspecified atom stereocenters. The van der Waals surface area contributed by atoms with Gasteiger partial charge in [0.15, 0.2) is 18.0 Å². The second kappa shape index (κ2) is 8.05. The van der Waals surface area contributed by atoms with Crippen molar-refractivity contribution in [3.05, 3.63) is 34.9 Å². The molecule has 33 heavy (non-hydrogen) atoms. The lowest BCUT2D eigenvalue weighted by Crippen LogP contribution is -2.59. The van der Waals surface area contributed by atoms with E-state index in [1.807, 2.05) is 19.9 Å². The molecule has 0 aliphatic heterocycles. The summed E-state index contributed by atoms with van der Waals surface area (Å²) in [5, 5.41) is 11.5. The molecule has 0 aromatic carbocycles. The summed E-state index contributed by atoms with van der Waals surface area (Å²) in [5.41, 5.74) is 0.189. The van der Waals surface area contributed by atoms with Crippen LogP contribution in [0.4, 0.5) is 0 Å². The van der Waals surface area contributed by atoms with Crippen LogP contribution in [0.1, 0.15) is 66.2 Å². The van der Waals surface area contributed by atoms with Crippen LogP contribution in [-0.2, 0) is 28.7 Å². The van der Waals surface area contributed by atoms with Crippen molar-refractivity contribution in [2.45, 2.75) is 77.9 Å². The first-order chi connectivity index (χ1) is 15.5. The quantitative estimate of drug-likeness (QED) is 0.500. The lowest BCUT2D eigenvalue weighted by molar-refractivity contribution is -0.187. The van der Waals surface area contributed by atoms with E-state index < -0.39 is 46.9 Å². The number of fused-ring (bicyclic) bond motifs is 4. The third-order valence-electron chi connectivity index (χ3n) is 8.42. The Hall–Kier alpha value is -2.54. The van der Waals surface area contributed by atoms with E-state index in [1.54, 1.807) is 19.1 Å². The smallest absolute Gasteiger partial charge is 0.306 e. The zero-order valence-corrected chi connectivity index (χ0v) is 19.7. The highest BCUT2D eigenvalue weighted by atomic mass is 16.6. The Balaban J connectivity index is 1.80. The minimum atomic E-state index is -1.46. The minimum Gasteiger partial charge on any atom is -0.458 e. The van der Waals surface area contributed by atoms with Crippen molar-refractivity contribution in [1.29, 1.82) is 0 Å². The van der Waals surface area contributed by atoms with Crippen LogP contribution in [0.15, 0.2) is 34.9 Å². The van der Waals surface area contributed by atoms with Gasteiger partial charge in [-0.2, -0.15) is 0 Å². The standard InChI is InChI=1S/C26H32O7/c1-5-22(31)33-26(21(30)14-32-15(2)27)11-9-19-18-7-6-16-12-17(28)8-10-24(16,3)23(18)20(29)13-25(19,26)4/h8,10,12,19-20,29H,5-7,9,11,13-14H2,1-4H3/t19-,20-,24-,25-,26-/m0/s1. The molecule has 0 spiro atoms. The molecular weight excluding hydrogens is 424 g/mol. The van der Waals surface area contributed by atoms with Crippen LogP contribution in [0.5, 0.6) is 0 Å². The van der Waals surface area contributed by atoms with Crippen molar-refractivity contribution in [2.24, 2.45) is 16.7 Å². The van der Waals surface area contributed by atoms with E-state index >= 15 is 0 Å². The van der Waals surface area contributed by atoms with E-state index in [-0.39, 0.29) is 24.5 Å². The normalized spacial score (nSPS) is 37.0. The summed E-state index contributed by atoms with van der Waals surface area (Å²) in [4.78, 5) is 49.3. The molecule has 1 saturated carbocycles. The fraction of sp³-hybridized carbons (Fsp3) is 0.615. The first kappa shape index (κ1) is 23.6. The highest BCUT2D eigenvalue weighted by Crippen LogP contribution is 2.65. The maximum Gasteiger partial charge on any atom is 0.306 e. The number of carbonyl (C=O) groups is 4. The van der Waals surface area contributed by atoms with Crippen molar-refractivity contribution in [2.75, 3.05) is 6.61 Å². The predicted octanol–water partition coefficient (Wildman–Crippen LogP) is 3.15. The number of Topliss-reactive ketones (excluding diaryl/α,β-unsaturated/α-hetero) is 1. The lowest BCUT2D eigenvalue weighted by Gasteiger charge is -2.53. The second-order valence-corrected chi connectivity index (χ2v) is 10.1. The first-order valence-corrected chi connectivity index (χ1v) is 11.7. The number of aliphatic hydroxyl groups excluding tert-OH is 1. The summed E-state index contributed by atoms with van der Waals surface area (Å²) in [6, 6.07) is 0. The topological polar surface area (TPSA) is 107 Å². The average Bonchev–Trinajstić information content (AvgIpc) is 3.04. The Morgan fingerprint density at radius 2 is 1.94 bits per heavy atom. The molecule has 0 aromatic rings. The highest BCUT2D eigenvalue weighted by Gasteiger charge is 2.67. The minimum absolute atomic E-state index is 0.0379. The van der Waals surface area contributed by atoms with Crippen LogP contribution in [0, 0.1) is 16.7 Å². The van der Waals surface area contributed by atoms with Gasteiger partial charge in [-0.25, -0.2) is 0 Å². The molecule has 7 heteroatoms. The largest absolute Gasteiger partial charge is 0.458 e. The van der Waals surface area contributed by atoms with Gasteiger partial charge in [0.05, 0.1) is 6.10 Å². The lowest BCUT2D eigenvalue weighted by atomic mass is 9.52. The number of carbonyl (C=O) groups excluding carboxylic acids is 4. The Labute approximate surface area is 193 Å². The van der Waals surface area contributed by atoms with Crippen molar-refractivity contribution in [3.8, 4) is 0 Å². The van der Waals surface area contributed by atoms with E-state index in [4.69, 9.17) is 9.47 Å². The van der Waals surface area contributed by atoms with Gasteiger partial charge in [0.25, 0.3) is 0 Å². The summed E-state index contributed by atoms with van der Waals surface area (Å²) in [7, 11) is 0. The SMILES string of the molecule is CCC(=O)O[C@]1(C(=O)COC(C)=O)CC[C@H]2C3=C([C@@H](O)C[C@@]21C)[C@@]1(C)C=CC(=O)C=C1CC3. The molecular formula is C26H32O7. The van der Waals surface area contributed by atoms with Crippen LogP contribution in [0.3, 0.4) is 0 Å². The molecule has 0 amide bonds. The number of aliphatic hydroxyl groups is 1. The van der Waals surface area contributed by atoms with Gasteiger partial charge < -0.3 is 14.6 Å². The number of esters is 2. The molecule has 4 aliphatic carbocycles. The van der Waals surface area contributed by atoms with Gasteiger partial charge in [-0.15, -0.1) is 0 Å². The fourth-order valence-corrected chi connectivity index (χ4v) is 6.82. The van der Waals surface area contributed by atoms with Crippen LogP contribution in [0.25, 0.3) is 0 Å². The molecule has 0 heterocycles. The van der Waals surface area contributed by atoms with Gasteiger partial charge in [-0.1, -0.05) is 31.1 Å². The zero-order chi connectivity index (χ0) is 24.2. The molecule has 1 fully saturated rings. The zero-order valence-electron chi connectivity index (χ0n) is 19.7. The van der Waals surface area contributed by atoms with Crippen molar-refractivity contribution < 1.29 is 33.8 Å². The first-order valence-electron chi connectivity index (χ1n) is 11.7. The van der Waals surface area contributed by atoms with Crippen molar-refractivity contribution >= 4 is 23.5 Å². The average molecular weight is 457 g/mol. The predicted molar refractivity (Wildman–Crippen MR) is 119 cm³/mol. The molecule has 0 bridgehead atoms. The monoisotopic (exact) mass is 456 g/mol. The molecule has 4 rings (SSSR count). The number of ketones is 2. The Morgan fingerprint density at radius 3 is 2.61 bits per heavy atom.